The van der Waals surface area contributed by atoms with Crippen molar-refractivity contribution in [3.63, 3.8) is 0 Å². The first-order valence-electron chi connectivity index (χ1n) is 9.23. The van der Waals surface area contributed by atoms with Gasteiger partial charge in [0.15, 0.2) is 0 Å². The van der Waals surface area contributed by atoms with E-state index in [2.05, 4.69) is 20.3 Å². The van der Waals surface area contributed by atoms with Crippen LogP contribution in [0.2, 0.25) is 0 Å². The number of nitrogens with zero attached hydrogens (tertiary/aromatic N) is 4. The fraction of sp³-hybridized carbons (Fsp3) is 0.611. The Kier molecular flexibility index (Phi) is 5.14. The minimum Gasteiger partial charge on any atom is -0.396 e. The van der Waals surface area contributed by atoms with E-state index in [1.54, 1.807) is 12.1 Å². The molecule has 2 fully saturated rings. The van der Waals surface area contributed by atoms with Gasteiger partial charge in [0.2, 0.25) is 0 Å². The Morgan fingerprint density at radius 2 is 1.96 bits per heavy atom. The van der Waals surface area contributed by atoms with Gasteiger partial charge in [-0.15, -0.1) is 0 Å². The number of morpholine rings is 1. The third-order valence-corrected chi connectivity index (χ3v) is 5.35. The average molecular weight is 359 g/mol. The van der Waals surface area contributed by atoms with Crippen LogP contribution in [0.3, 0.4) is 0 Å². The Labute approximate surface area is 152 Å². The number of piperidine rings is 1. The Balaban J connectivity index is 1.47. The van der Waals surface area contributed by atoms with Crippen molar-refractivity contribution < 1.29 is 14.6 Å². The quantitative estimate of drug-likeness (QED) is 0.819. The topological polar surface area (TPSA) is 94.6 Å². The van der Waals surface area contributed by atoms with Crippen LogP contribution < -0.4 is 0 Å². The lowest BCUT2D eigenvalue weighted by Gasteiger charge is -2.40. The van der Waals surface area contributed by atoms with Crippen LogP contribution in [0.1, 0.15) is 16.8 Å². The Morgan fingerprint density at radius 1 is 1.19 bits per heavy atom. The Bertz CT molecular complexity index is 758. The van der Waals surface area contributed by atoms with Gasteiger partial charge in [-0.05, 0) is 36.5 Å². The molecular formula is C18H25N5O3. The van der Waals surface area contributed by atoms with E-state index in [0.29, 0.717) is 23.5 Å². The number of benzene rings is 1. The lowest BCUT2D eigenvalue weighted by atomic mass is 9.88. The fourth-order valence-electron chi connectivity index (χ4n) is 4.05. The average Bonchev–Trinajstić information content (AvgIpc) is 3.15. The number of ether oxygens (including phenoxy) is 1. The molecule has 2 unspecified atom stereocenters. The molecule has 2 aliphatic heterocycles. The number of H-pyrrole nitrogens is 1. The van der Waals surface area contributed by atoms with Gasteiger partial charge in [0.05, 0.1) is 13.2 Å². The van der Waals surface area contributed by atoms with E-state index in [9.17, 15) is 9.90 Å². The van der Waals surface area contributed by atoms with Crippen LogP contribution in [-0.2, 0) is 4.74 Å². The summed E-state index contributed by atoms with van der Waals surface area (Å²) < 4.78 is 5.42. The van der Waals surface area contributed by atoms with Crippen LogP contribution in [-0.4, -0.2) is 88.8 Å². The molecule has 8 heteroatoms. The molecule has 0 aliphatic carbocycles. The Hall–Kier alpha value is -2.03. The SMILES string of the molecule is O=C(c1ccc2n[nH]nc2c1)N1CC(CO)CC(CN2CCOCC2)C1. The summed E-state index contributed by atoms with van der Waals surface area (Å²) >= 11 is 0. The third-order valence-electron chi connectivity index (χ3n) is 5.35. The van der Waals surface area contributed by atoms with Crippen LogP contribution in [0.25, 0.3) is 11.0 Å². The first-order valence-corrected chi connectivity index (χ1v) is 9.23. The first-order chi connectivity index (χ1) is 12.7. The van der Waals surface area contributed by atoms with Crippen LogP contribution in [0.15, 0.2) is 18.2 Å². The van der Waals surface area contributed by atoms with Crippen molar-refractivity contribution in [2.45, 2.75) is 6.42 Å². The van der Waals surface area contributed by atoms with Crippen LogP contribution in [0, 0.1) is 11.8 Å². The lowest BCUT2D eigenvalue weighted by molar-refractivity contribution is 0.0130. The minimum atomic E-state index is 0.0000255. The number of aliphatic hydroxyl groups excluding tert-OH is 1. The van der Waals surface area contributed by atoms with Gasteiger partial charge >= 0.3 is 0 Å². The fourth-order valence-corrected chi connectivity index (χ4v) is 4.05. The van der Waals surface area contributed by atoms with Crippen molar-refractivity contribution in [2.75, 3.05) is 52.5 Å². The van der Waals surface area contributed by atoms with Crippen molar-refractivity contribution in [2.24, 2.45) is 11.8 Å². The minimum absolute atomic E-state index is 0.0000255. The summed E-state index contributed by atoms with van der Waals surface area (Å²) in [6.07, 6.45) is 0.958. The molecule has 8 nitrogen and oxygen atoms in total. The summed E-state index contributed by atoms with van der Waals surface area (Å²) in [6.45, 7) is 5.83. The molecule has 0 spiro atoms. The summed E-state index contributed by atoms with van der Waals surface area (Å²) in [4.78, 5) is 17.3. The first kappa shape index (κ1) is 17.4. The van der Waals surface area contributed by atoms with Crippen LogP contribution >= 0.6 is 0 Å². The predicted octanol–water partition coefficient (Wildman–Crippen LogP) is 0.361. The van der Waals surface area contributed by atoms with Crippen molar-refractivity contribution in [1.82, 2.24) is 25.2 Å². The number of aliphatic hydroxyl groups is 1. The van der Waals surface area contributed by atoms with E-state index in [1.807, 2.05) is 11.0 Å². The van der Waals surface area contributed by atoms with Gasteiger partial charge in [0.1, 0.15) is 11.0 Å². The van der Waals surface area contributed by atoms with E-state index < -0.39 is 0 Å². The highest BCUT2D eigenvalue weighted by molar-refractivity contribution is 5.97. The monoisotopic (exact) mass is 359 g/mol. The molecule has 0 saturated carbocycles. The van der Waals surface area contributed by atoms with E-state index in [1.165, 1.54) is 0 Å². The number of nitrogens with one attached hydrogen (secondary N) is 1. The number of fused-ring (bicyclic) bond motifs is 1. The van der Waals surface area contributed by atoms with Gasteiger partial charge in [0.25, 0.3) is 5.91 Å². The van der Waals surface area contributed by atoms with Gasteiger partial charge in [0, 0.05) is 44.9 Å². The molecule has 0 bridgehead atoms. The number of aromatic amines is 1. The van der Waals surface area contributed by atoms with Crippen molar-refractivity contribution in [3.8, 4) is 0 Å². The molecule has 4 rings (SSSR count). The maximum absolute atomic E-state index is 13.0. The molecule has 140 valence electrons. The third kappa shape index (κ3) is 3.72. The molecular weight excluding hydrogens is 334 g/mol. The number of rotatable bonds is 4. The zero-order valence-electron chi connectivity index (χ0n) is 14.8. The molecule has 1 amide bonds. The van der Waals surface area contributed by atoms with E-state index in [0.717, 1.165) is 51.3 Å². The van der Waals surface area contributed by atoms with Crippen LogP contribution in [0.5, 0.6) is 0 Å². The lowest BCUT2D eigenvalue weighted by Crippen LogP contribution is -2.49. The largest absolute Gasteiger partial charge is 0.396 e. The second kappa shape index (κ2) is 7.69. The van der Waals surface area contributed by atoms with E-state index in [4.69, 9.17) is 4.74 Å². The number of hydrogen-bond donors (Lipinski definition) is 2. The van der Waals surface area contributed by atoms with E-state index in [-0.39, 0.29) is 18.4 Å². The van der Waals surface area contributed by atoms with Gasteiger partial charge in [-0.2, -0.15) is 15.4 Å². The number of carbonyl (C=O) groups excluding carboxylic acids is 1. The van der Waals surface area contributed by atoms with Crippen molar-refractivity contribution in [1.29, 1.82) is 0 Å². The second-order valence-corrected chi connectivity index (χ2v) is 7.30. The number of aromatic nitrogens is 3. The molecule has 1 aromatic carbocycles. The molecule has 2 N–H and O–H groups in total. The second-order valence-electron chi connectivity index (χ2n) is 7.30. The normalized spacial score (nSPS) is 24.9. The molecule has 2 saturated heterocycles. The number of hydrogen-bond acceptors (Lipinski definition) is 6. The van der Waals surface area contributed by atoms with Gasteiger partial charge in [-0.3, -0.25) is 9.69 Å². The number of amides is 1. The van der Waals surface area contributed by atoms with Gasteiger partial charge in [-0.1, -0.05) is 0 Å². The van der Waals surface area contributed by atoms with E-state index >= 15 is 0 Å². The molecule has 26 heavy (non-hydrogen) atoms. The zero-order chi connectivity index (χ0) is 17.9. The van der Waals surface area contributed by atoms with Gasteiger partial charge < -0.3 is 14.7 Å². The van der Waals surface area contributed by atoms with Crippen LogP contribution in [0.4, 0.5) is 0 Å². The number of carbonyl (C=O) groups is 1. The smallest absolute Gasteiger partial charge is 0.253 e. The highest BCUT2D eigenvalue weighted by Crippen LogP contribution is 2.25. The molecule has 1 aromatic heterocycles. The maximum atomic E-state index is 13.0. The summed E-state index contributed by atoms with van der Waals surface area (Å²) in [6, 6.07) is 5.39. The Morgan fingerprint density at radius 3 is 2.77 bits per heavy atom. The van der Waals surface area contributed by atoms with Crippen molar-refractivity contribution in [3.05, 3.63) is 23.8 Å². The molecule has 2 aliphatic rings. The molecule has 3 heterocycles. The summed E-state index contributed by atoms with van der Waals surface area (Å²) in [7, 11) is 0. The number of likely N-dealkylation sites (tertiary alicyclic amines) is 1. The van der Waals surface area contributed by atoms with Gasteiger partial charge in [-0.25, -0.2) is 0 Å². The standard InChI is InChI=1S/C18H25N5O3/c24-12-14-7-13(9-22-3-5-26-6-4-22)10-23(11-14)18(25)15-1-2-16-17(8-15)20-21-19-16/h1-2,8,13-14,24H,3-7,9-12H2,(H,19,20,21). The summed E-state index contributed by atoms with van der Waals surface area (Å²) in [5, 5.41) is 20.4. The molecule has 0 radical (unpaired) electrons. The predicted molar refractivity (Wildman–Crippen MR) is 95.7 cm³/mol. The maximum Gasteiger partial charge on any atom is 0.253 e. The zero-order valence-corrected chi connectivity index (χ0v) is 14.8. The molecule has 2 aromatic rings. The highest BCUT2D eigenvalue weighted by atomic mass is 16.5. The summed E-state index contributed by atoms with van der Waals surface area (Å²) in [5.41, 5.74) is 2.06. The summed E-state index contributed by atoms with van der Waals surface area (Å²) in [5.74, 6) is 0.508. The van der Waals surface area contributed by atoms with Crippen molar-refractivity contribution >= 4 is 16.9 Å². The molecule has 2 atom stereocenters. The highest BCUT2D eigenvalue weighted by Gasteiger charge is 2.31.